The summed E-state index contributed by atoms with van der Waals surface area (Å²) in [6.07, 6.45) is 0. The van der Waals surface area contributed by atoms with E-state index in [2.05, 4.69) is 5.32 Å². The molecule has 0 spiro atoms. The number of rotatable bonds is 4. The first-order chi connectivity index (χ1) is 14.4. The average Bonchev–Trinajstić information content (AvgIpc) is 3.03. The quantitative estimate of drug-likeness (QED) is 0.743. The van der Waals surface area contributed by atoms with E-state index >= 15 is 0 Å². The van der Waals surface area contributed by atoms with E-state index in [1.54, 1.807) is 25.1 Å². The number of ketones is 1. The van der Waals surface area contributed by atoms with Crippen LogP contribution in [0.25, 0.3) is 5.70 Å². The zero-order valence-corrected chi connectivity index (χ0v) is 17.7. The van der Waals surface area contributed by atoms with Gasteiger partial charge in [0.25, 0.3) is 0 Å². The third-order valence-electron chi connectivity index (χ3n) is 5.44. The minimum atomic E-state index is -0.675. The van der Waals surface area contributed by atoms with Gasteiger partial charge in [-0.1, -0.05) is 35.9 Å². The van der Waals surface area contributed by atoms with Gasteiger partial charge in [-0.05, 0) is 24.6 Å². The van der Waals surface area contributed by atoms with Gasteiger partial charge in [0.2, 0.25) is 0 Å². The van der Waals surface area contributed by atoms with E-state index in [1.165, 1.54) is 21.3 Å². The second-order valence-corrected chi connectivity index (χ2v) is 7.40. The molecule has 30 heavy (non-hydrogen) atoms. The van der Waals surface area contributed by atoms with Gasteiger partial charge in [-0.3, -0.25) is 4.79 Å². The van der Waals surface area contributed by atoms with Gasteiger partial charge in [0.15, 0.2) is 17.3 Å². The molecule has 1 atom stereocenters. The largest absolute Gasteiger partial charge is 0.493 e. The van der Waals surface area contributed by atoms with Crippen LogP contribution >= 0.6 is 11.6 Å². The van der Waals surface area contributed by atoms with Crippen LogP contribution in [0.15, 0.2) is 53.2 Å². The summed E-state index contributed by atoms with van der Waals surface area (Å²) in [5.74, 6) is -0.548. The van der Waals surface area contributed by atoms with Gasteiger partial charge < -0.3 is 19.5 Å². The Bertz CT molecular complexity index is 1150. The fourth-order valence-corrected chi connectivity index (χ4v) is 4.44. The highest BCUT2D eigenvalue weighted by atomic mass is 35.5. The molecule has 0 amide bonds. The van der Waals surface area contributed by atoms with Crippen molar-refractivity contribution in [1.29, 1.82) is 0 Å². The Hall–Kier alpha value is -3.25. The van der Waals surface area contributed by atoms with Crippen LogP contribution in [0.2, 0.25) is 5.02 Å². The molecule has 1 N–H and O–H groups in total. The summed E-state index contributed by atoms with van der Waals surface area (Å²) in [6, 6.07) is 10.8. The monoisotopic (exact) mass is 425 g/mol. The fraction of sp³-hybridized carbons (Fsp3) is 0.217. The summed E-state index contributed by atoms with van der Waals surface area (Å²) >= 11 is 6.44. The predicted molar refractivity (Wildman–Crippen MR) is 113 cm³/mol. The Morgan fingerprint density at radius 2 is 1.77 bits per heavy atom. The van der Waals surface area contributed by atoms with Crippen molar-refractivity contribution in [3.05, 3.63) is 75.0 Å². The molecular weight excluding hydrogens is 406 g/mol. The van der Waals surface area contributed by atoms with Crippen molar-refractivity contribution in [2.24, 2.45) is 0 Å². The Balaban J connectivity index is 1.99. The molecule has 7 heteroatoms. The summed E-state index contributed by atoms with van der Waals surface area (Å²) in [5, 5.41) is 3.56. The van der Waals surface area contributed by atoms with Crippen LogP contribution in [0.4, 0.5) is 0 Å². The molecule has 6 nitrogen and oxygen atoms in total. The maximum absolute atomic E-state index is 13.4. The molecule has 0 saturated heterocycles. The smallest absolute Gasteiger partial charge is 0.336 e. The van der Waals surface area contributed by atoms with Gasteiger partial charge in [0.1, 0.15) is 0 Å². The van der Waals surface area contributed by atoms with Crippen LogP contribution in [0, 0.1) is 0 Å². The Morgan fingerprint density at radius 1 is 1.07 bits per heavy atom. The number of dihydropyridines is 1. The molecule has 1 aliphatic heterocycles. The summed E-state index contributed by atoms with van der Waals surface area (Å²) < 4.78 is 15.8. The number of halogens is 1. The first kappa shape index (κ1) is 20.0. The zero-order valence-electron chi connectivity index (χ0n) is 17.0. The molecule has 4 rings (SSSR count). The van der Waals surface area contributed by atoms with E-state index in [4.69, 9.17) is 25.8 Å². The standard InChI is InChI=1S/C23H20ClNO5/c1-11-17(23(27)30-4)18(12-9-15(24)22(29-3)16(10-12)28-2)19-20(25-11)13-7-5-6-8-14(13)21(19)26/h5-10,18,25H,1-4H3/t18-/m0/s1. The number of esters is 1. The molecule has 1 aliphatic carbocycles. The van der Waals surface area contributed by atoms with Crippen molar-refractivity contribution in [3.63, 3.8) is 0 Å². The molecule has 0 bridgehead atoms. The van der Waals surface area contributed by atoms with Crippen LogP contribution in [0.3, 0.4) is 0 Å². The molecule has 2 aliphatic rings. The SMILES string of the molecule is COC(=O)C1=C(C)NC2=C(C(=O)c3ccccc32)[C@H]1c1cc(Cl)c(OC)c(OC)c1. The third-order valence-corrected chi connectivity index (χ3v) is 5.72. The molecule has 0 fully saturated rings. The van der Waals surface area contributed by atoms with Crippen molar-refractivity contribution >= 4 is 29.1 Å². The number of carbonyl (C=O) groups excluding carboxylic acids is 2. The zero-order chi connectivity index (χ0) is 21.6. The Morgan fingerprint density at radius 3 is 2.40 bits per heavy atom. The molecule has 0 saturated carbocycles. The predicted octanol–water partition coefficient (Wildman–Crippen LogP) is 4.10. The van der Waals surface area contributed by atoms with Crippen LogP contribution < -0.4 is 14.8 Å². The molecule has 2 aromatic carbocycles. The van der Waals surface area contributed by atoms with Crippen molar-refractivity contribution in [3.8, 4) is 11.5 Å². The van der Waals surface area contributed by atoms with Crippen molar-refractivity contribution in [2.75, 3.05) is 21.3 Å². The molecule has 0 radical (unpaired) electrons. The summed E-state index contributed by atoms with van der Waals surface area (Å²) in [6.45, 7) is 1.79. The van der Waals surface area contributed by atoms with Crippen molar-refractivity contribution in [1.82, 2.24) is 5.32 Å². The number of carbonyl (C=O) groups is 2. The van der Waals surface area contributed by atoms with E-state index in [0.717, 1.165) is 5.56 Å². The van der Waals surface area contributed by atoms with Gasteiger partial charge >= 0.3 is 5.97 Å². The second kappa shape index (κ2) is 7.54. The van der Waals surface area contributed by atoms with E-state index in [1.807, 2.05) is 18.2 Å². The van der Waals surface area contributed by atoms with E-state index in [9.17, 15) is 9.59 Å². The number of Topliss-reactive ketones (excluding diaryl/α,β-unsaturated/α-hetero) is 1. The highest BCUT2D eigenvalue weighted by molar-refractivity contribution is 6.32. The molecular formula is C23H20ClNO5. The summed E-state index contributed by atoms with van der Waals surface area (Å²) in [7, 11) is 4.32. The van der Waals surface area contributed by atoms with E-state index in [-0.39, 0.29) is 5.78 Å². The number of benzene rings is 2. The van der Waals surface area contributed by atoms with Crippen molar-refractivity contribution < 1.29 is 23.8 Å². The highest BCUT2D eigenvalue weighted by Gasteiger charge is 2.43. The third kappa shape index (κ3) is 2.87. The van der Waals surface area contributed by atoms with Gasteiger partial charge in [-0.2, -0.15) is 0 Å². The fourth-order valence-electron chi connectivity index (χ4n) is 4.15. The minimum absolute atomic E-state index is 0.141. The number of fused-ring (bicyclic) bond motifs is 2. The lowest BCUT2D eigenvalue weighted by atomic mass is 9.79. The van der Waals surface area contributed by atoms with E-state index in [0.29, 0.717) is 50.2 Å². The average molecular weight is 426 g/mol. The maximum atomic E-state index is 13.4. The van der Waals surface area contributed by atoms with Crippen LogP contribution in [0.1, 0.15) is 34.3 Å². The highest BCUT2D eigenvalue weighted by Crippen LogP contribution is 2.49. The molecule has 0 unspecified atom stereocenters. The lowest BCUT2D eigenvalue weighted by Gasteiger charge is -2.29. The number of hydrogen-bond acceptors (Lipinski definition) is 6. The number of nitrogens with one attached hydrogen (secondary N) is 1. The van der Waals surface area contributed by atoms with Gasteiger partial charge in [0, 0.05) is 28.3 Å². The number of hydrogen-bond donors (Lipinski definition) is 1. The van der Waals surface area contributed by atoms with Gasteiger partial charge in [0.05, 0.1) is 37.6 Å². The molecule has 1 heterocycles. The van der Waals surface area contributed by atoms with Crippen LogP contribution in [-0.2, 0) is 9.53 Å². The van der Waals surface area contributed by atoms with Crippen molar-refractivity contribution in [2.45, 2.75) is 12.8 Å². The van der Waals surface area contributed by atoms with Gasteiger partial charge in [-0.25, -0.2) is 4.79 Å². The van der Waals surface area contributed by atoms with Crippen LogP contribution in [-0.4, -0.2) is 33.1 Å². The minimum Gasteiger partial charge on any atom is -0.493 e. The number of methoxy groups -OCH3 is 3. The number of allylic oxidation sites excluding steroid dienone is 2. The summed E-state index contributed by atoms with van der Waals surface area (Å²) in [4.78, 5) is 26.1. The second-order valence-electron chi connectivity index (χ2n) is 6.99. The first-order valence-electron chi connectivity index (χ1n) is 9.28. The normalized spacial score (nSPS) is 17.4. The number of ether oxygens (including phenoxy) is 3. The molecule has 0 aromatic heterocycles. The lowest BCUT2D eigenvalue weighted by molar-refractivity contribution is -0.136. The van der Waals surface area contributed by atoms with Crippen LogP contribution in [0.5, 0.6) is 11.5 Å². The Kier molecular flexibility index (Phi) is 5.03. The maximum Gasteiger partial charge on any atom is 0.336 e. The Labute approximate surface area is 179 Å². The molecule has 2 aromatic rings. The van der Waals surface area contributed by atoms with E-state index < -0.39 is 11.9 Å². The van der Waals surface area contributed by atoms with Gasteiger partial charge in [-0.15, -0.1) is 0 Å². The molecule has 154 valence electrons. The lowest BCUT2D eigenvalue weighted by Crippen LogP contribution is -2.29. The summed E-state index contributed by atoms with van der Waals surface area (Å²) in [5.41, 5.74) is 4.15. The first-order valence-corrected chi connectivity index (χ1v) is 9.66. The topological polar surface area (TPSA) is 73.9 Å².